The number of para-hydroxylation sites is 1. The van der Waals surface area contributed by atoms with Crippen LogP contribution in [0.1, 0.15) is 51.7 Å². The zero-order chi connectivity index (χ0) is 23.6. The molecule has 0 spiro atoms. The Labute approximate surface area is 195 Å². The summed E-state index contributed by atoms with van der Waals surface area (Å²) < 4.78 is 5.35. The molecule has 0 aromatic heterocycles. The lowest BCUT2D eigenvalue weighted by atomic mass is 9.89. The average Bonchev–Trinajstić information content (AvgIpc) is 3.27. The first-order valence-electron chi connectivity index (χ1n) is 11.4. The van der Waals surface area contributed by atoms with Crippen molar-refractivity contribution in [2.45, 2.75) is 64.6 Å². The van der Waals surface area contributed by atoms with Crippen molar-refractivity contribution in [3.63, 3.8) is 0 Å². The number of fused-ring (bicyclic) bond motifs is 1. The SMILES string of the molecule is CC(NC(=O)OC(C)(C)C)C(=O)N1c2ccccc2CCC1C1=NC=C(c2ccccc2)C1. The van der Waals surface area contributed by atoms with Crippen LogP contribution in [-0.2, 0) is 16.0 Å². The number of carbonyl (C=O) groups is 2. The Balaban J connectivity index is 1.56. The van der Waals surface area contributed by atoms with E-state index < -0.39 is 17.7 Å². The Morgan fingerprint density at radius 1 is 1.09 bits per heavy atom. The van der Waals surface area contributed by atoms with E-state index in [0.29, 0.717) is 6.42 Å². The normalized spacial score (nSPS) is 18.7. The highest BCUT2D eigenvalue weighted by Gasteiger charge is 2.37. The van der Waals surface area contributed by atoms with Crippen molar-refractivity contribution < 1.29 is 14.3 Å². The minimum absolute atomic E-state index is 0.159. The predicted octanol–water partition coefficient (Wildman–Crippen LogP) is 5.13. The molecule has 2 aliphatic rings. The minimum Gasteiger partial charge on any atom is -0.444 e. The van der Waals surface area contributed by atoms with Gasteiger partial charge in [0.2, 0.25) is 5.91 Å². The molecule has 6 nitrogen and oxygen atoms in total. The monoisotopic (exact) mass is 445 g/mol. The molecule has 6 heteroatoms. The quantitative estimate of drug-likeness (QED) is 0.709. The van der Waals surface area contributed by atoms with E-state index >= 15 is 0 Å². The van der Waals surface area contributed by atoms with Gasteiger partial charge in [-0.05, 0) is 63.3 Å². The molecule has 0 fully saturated rings. The minimum atomic E-state index is -0.739. The van der Waals surface area contributed by atoms with E-state index in [1.807, 2.05) is 47.5 Å². The van der Waals surface area contributed by atoms with E-state index in [-0.39, 0.29) is 11.9 Å². The summed E-state index contributed by atoms with van der Waals surface area (Å²) in [5.74, 6) is -0.172. The molecule has 2 atom stereocenters. The third kappa shape index (κ3) is 5.16. The van der Waals surface area contributed by atoms with Gasteiger partial charge in [-0.3, -0.25) is 9.79 Å². The van der Waals surface area contributed by atoms with Crippen LogP contribution in [0.15, 0.2) is 65.8 Å². The highest BCUT2D eigenvalue weighted by Crippen LogP contribution is 2.35. The number of allylic oxidation sites excluding steroid dienone is 1. The number of amides is 2. The number of alkyl carbamates (subject to hydrolysis) is 1. The molecule has 2 heterocycles. The molecule has 0 saturated carbocycles. The van der Waals surface area contributed by atoms with E-state index in [1.54, 1.807) is 27.7 Å². The lowest BCUT2D eigenvalue weighted by Gasteiger charge is -2.39. The van der Waals surface area contributed by atoms with Crippen LogP contribution in [0.4, 0.5) is 10.5 Å². The first-order valence-corrected chi connectivity index (χ1v) is 11.4. The molecule has 2 aliphatic heterocycles. The summed E-state index contributed by atoms with van der Waals surface area (Å²) in [4.78, 5) is 32.5. The van der Waals surface area contributed by atoms with Gasteiger partial charge in [0.15, 0.2) is 0 Å². The molecule has 0 saturated heterocycles. The van der Waals surface area contributed by atoms with E-state index in [1.165, 1.54) is 0 Å². The fourth-order valence-corrected chi connectivity index (χ4v) is 4.37. The van der Waals surface area contributed by atoms with Crippen molar-refractivity contribution >= 4 is 29.0 Å². The van der Waals surface area contributed by atoms with Crippen LogP contribution in [0.2, 0.25) is 0 Å². The Bertz CT molecular complexity index is 1100. The summed E-state index contributed by atoms with van der Waals surface area (Å²) in [7, 11) is 0. The zero-order valence-electron chi connectivity index (χ0n) is 19.7. The number of aliphatic imine (C=N–C) groups is 1. The number of aryl methyl sites for hydroxylation is 1. The second kappa shape index (κ2) is 9.22. The number of ether oxygens (including phenoxy) is 1. The van der Waals surface area contributed by atoms with E-state index in [9.17, 15) is 9.59 Å². The fourth-order valence-electron chi connectivity index (χ4n) is 4.37. The summed E-state index contributed by atoms with van der Waals surface area (Å²) in [5.41, 5.74) is 4.64. The molecule has 33 heavy (non-hydrogen) atoms. The fraction of sp³-hybridized carbons (Fsp3) is 0.370. The van der Waals surface area contributed by atoms with Crippen molar-refractivity contribution in [1.29, 1.82) is 0 Å². The molecule has 2 amide bonds. The summed E-state index contributed by atoms with van der Waals surface area (Å²) >= 11 is 0. The largest absolute Gasteiger partial charge is 0.444 e. The van der Waals surface area contributed by atoms with Crippen molar-refractivity contribution in [3.05, 3.63) is 71.9 Å². The van der Waals surface area contributed by atoms with Gasteiger partial charge in [-0.15, -0.1) is 0 Å². The molecule has 4 rings (SSSR count). The number of anilines is 1. The molecule has 1 N–H and O–H groups in total. The van der Waals surface area contributed by atoms with Gasteiger partial charge < -0.3 is 15.0 Å². The van der Waals surface area contributed by atoms with Crippen LogP contribution >= 0.6 is 0 Å². The number of hydrogen-bond donors (Lipinski definition) is 1. The first-order chi connectivity index (χ1) is 15.7. The Kier molecular flexibility index (Phi) is 6.36. The van der Waals surface area contributed by atoms with Crippen LogP contribution in [0, 0.1) is 0 Å². The van der Waals surface area contributed by atoms with Crippen molar-refractivity contribution in [2.24, 2.45) is 4.99 Å². The second-order valence-electron chi connectivity index (χ2n) is 9.58. The summed E-state index contributed by atoms with van der Waals surface area (Å²) in [6.45, 7) is 7.09. The number of benzene rings is 2. The Hall–Kier alpha value is -3.41. The molecule has 0 radical (unpaired) electrons. The van der Waals surface area contributed by atoms with Gasteiger partial charge in [0.25, 0.3) is 0 Å². The number of hydrogen-bond acceptors (Lipinski definition) is 4. The maximum Gasteiger partial charge on any atom is 0.408 e. The molecule has 0 aliphatic carbocycles. The number of rotatable bonds is 4. The van der Waals surface area contributed by atoms with Gasteiger partial charge in [0.05, 0.1) is 6.04 Å². The third-order valence-electron chi connectivity index (χ3n) is 5.88. The van der Waals surface area contributed by atoms with Crippen LogP contribution in [0.5, 0.6) is 0 Å². The number of nitrogens with zero attached hydrogens (tertiary/aromatic N) is 2. The van der Waals surface area contributed by atoms with Crippen LogP contribution in [0.3, 0.4) is 0 Å². The molecular formula is C27H31N3O3. The molecule has 172 valence electrons. The molecule has 2 aromatic carbocycles. The highest BCUT2D eigenvalue weighted by molar-refractivity contribution is 6.10. The molecule has 2 unspecified atom stereocenters. The molecular weight excluding hydrogens is 414 g/mol. The molecule has 0 bridgehead atoms. The van der Waals surface area contributed by atoms with Gasteiger partial charge in [-0.1, -0.05) is 48.5 Å². The Morgan fingerprint density at radius 2 is 1.79 bits per heavy atom. The van der Waals surface area contributed by atoms with Gasteiger partial charge >= 0.3 is 6.09 Å². The average molecular weight is 446 g/mol. The zero-order valence-corrected chi connectivity index (χ0v) is 19.7. The van der Waals surface area contributed by atoms with Crippen molar-refractivity contribution in [3.8, 4) is 0 Å². The van der Waals surface area contributed by atoms with Gasteiger partial charge in [-0.25, -0.2) is 4.79 Å². The summed E-state index contributed by atoms with van der Waals surface area (Å²) in [5, 5.41) is 2.70. The third-order valence-corrected chi connectivity index (χ3v) is 5.88. The van der Waals surface area contributed by atoms with Crippen molar-refractivity contribution in [2.75, 3.05) is 4.90 Å². The van der Waals surface area contributed by atoms with Gasteiger partial charge in [-0.2, -0.15) is 0 Å². The summed E-state index contributed by atoms with van der Waals surface area (Å²) in [6, 6.07) is 17.3. The summed E-state index contributed by atoms with van der Waals surface area (Å²) in [6.07, 6.45) is 3.68. The van der Waals surface area contributed by atoms with Gasteiger partial charge in [0, 0.05) is 24.0 Å². The predicted molar refractivity (Wildman–Crippen MR) is 131 cm³/mol. The molecule has 2 aromatic rings. The van der Waals surface area contributed by atoms with Crippen molar-refractivity contribution in [1.82, 2.24) is 5.32 Å². The second-order valence-corrected chi connectivity index (χ2v) is 9.58. The maximum atomic E-state index is 13.7. The highest BCUT2D eigenvalue weighted by atomic mass is 16.6. The van der Waals surface area contributed by atoms with Gasteiger partial charge in [0.1, 0.15) is 11.6 Å². The van der Waals surface area contributed by atoms with E-state index in [0.717, 1.165) is 40.9 Å². The standard InChI is InChI=1S/C27H31N3O3/c1-18(29-26(32)33-27(2,3)4)25(31)30-23-13-9-8-12-20(23)14-15-24(30)22-16-21(17-28-22)19-10-6-5-7-11-19/h5-13,17-18,24H,14-16H2,1-4H3,(H,29,32). The lowest BCUT2D eigenvalue weighted by Crippen LogP contribution is -2.55. The van der Waals surface area contributed by atoms with E-state index in [2.05, 4.69) is 23.5 Å². The van der Waals surface area contributed by atoms with E-state index in [4.69, 9.17) is 9.73 Å². The maximum absolute atomic E-state index is 13.7. The number of carbonyl (C=O) groups excluding carboxylic acids is 2. The topological polar surface area (TPSA) is 71.0 Å². The Morgan fingerprint density at radius 3 is 2.52 bits per heavy atom. The number of nitrogens with one attached hydrogen (secondary N) is 1. The smallest absolute Gasteiger partial charge is 0.408 e. The van der Waals surface area contributed by atoms with Crippen LogP contribution in [0.25, 0.3) is 5.57 Å². The van der Waals surface area contributed by atoms with Crippen LogP contribution < -0.4 is 10.2 Å². The lowest BCUT2D eigenvalue weighted by molar-refractivity contribution is -0.120. The first kappa shape index (κ1) is 22.8. The van der Waals surface area contributed by atoms with Crippen LogP contribution in [-0.4, -0.2) is 35.4 Å².